The number of carbonyl (C=O) groups excluding carboxylic acids is 2. The number of fused-ring (bicyclic) bond motifs is 1. The summed E-state index contributed by atoms with van der Waals surface area (Å²) < 4.78 is 5.13. The molecule has 3 saturated heterocycles. The zero-order chi connectivity index (χ0) is 19.5. The molecule has 3 amide bonds. The fraction of sp³-hybridized carbons (Fsp3) is 0.905. The van der Waals surface area contributed by atoms with Crippen LogP contribution in [0.4, 0.5) is 9.59 Å². The molecule has 3 aliphatic heterocycles. The molecule has 4 aliphatic rings. The molecule has 3 heterocycles. The van der Waals surface area contributed by atoms with Crippen molar-refractivity contribution >= 4 is 12.1 Å². The lowest BCUT2D eigenvalue weighted by Gasteiger charge is -2.50. The molecule has 4 rings (SSSR count). The van der Waals surface area contributed by atoms with Crippen LogP contribution < -0.4 is 5.32 Å². The summed E-state index contributed by atoms with van der Waals surface area (Å²) >= 11 is 0. The smallest absolute Gasteiger partial charge is 0.409 e. The predicted octanol–water partition coefficient (Wildman–Crippen LogP) is 2.66. The van der Waals surface area contributed by atoms with Gasteiger partial charge in [-0.05, 0) is 51.4 Å². The van der Waals surface area contributed by atoms with Gasteiger partial charge in [0.15, 0.2) is 0 Å². The predicted molar refractivity (Wildman–Crippen MR) is 107 cm³/mol. The van der Waals surface area contributed by atoms with Gasteiger partial charge in [0.25, 0.3) is 0 Å². The van der Waals surface area contributed by atoms with E-state index in [1.807, 2.05) is 11.8 Å². The molecule has 2 atom stereocenters. The van der Waals surface area contributed by atoms with Crippen LogP contribution in [0.2, 0.25) is 0 Å². The molecule has 0 spiro atoms. The average molecular weight is 393 g/mol. The highest BCUT2D eigenvalue weighted by molar-refractivity contribution is 5.76. The largest absolute Gasteiger partial charge is 0.450 e. The Morgan fingerprint density at radius 3 is 2.39 bits per heavy atom. The van der Waals surface area contributed by atoms with Crippen LogP contribution in [-0.2, 0) is 4.74 Å². The first kappa shape index (κ1) is 19.8. The Labute approximate surface area is 168 Å². The minimum atomic E-state index is -0.169. The molecule has 7 heteroatoms. The van der Waals surface area contributed by atoms with E-state index in [1.165, 1.54) is 25.7 Å². The van der Waals surface area contributed by atoms with Gasteiger partial charge in [0, 0.05) is 50.8 Å². The lowest BCUT2D eigenvalue weighted by Crippen LogP contribution is -2.63. The number of carbonyl (C=O) groups is 2. The maximum atomic E-state index is 12.6. The van der Waals surface area contributed by atoms with E-state index in [0.29, 0.717) is 30.7 Å². The van der Waals surface area contributed by atoms with Crippen molar-refractivity contribution in [2.45, 2.75) is 76.4 Å². The van der Waals surface area contributed by atoms with Gasteiger partial charge in [0.05, 0.1) is 6.61 Å². The van der Waals surface area contributed by atoms with Crippen molar-refractivity contribution in [3.05, 3.63) is 0 Å². The quantitative estimate of drug-likeness (QED) is 0.802. The number of rotatable bonds is 3. The number of likely N-dealkylation sites (tertiary alicyclic amines) is 2. The van der Waals surface area contributed by atoms with Crippen molar-refractivity contribution in [3.63, 3.8) is 0 Å². The first-order chi connectivity index (χ1) is 13.7. The van der Waals surface area contributed by atoms with Crippen LogP contribution in [0, 0.1) is 5.92 Å². The Kier molecular flexibility index (Phi) is 6.28. The topological polar surface area (TPSA) is 65.1 Å². The van der Waals surface area contributed by atoms with Gasteiger partial charge in [-0.1, -0.05) is 12.8 Å². The summed E-state index contributed by atoms with van der Waals surface area (Å²) in [5, 5.41) is 3.15. The maximum Gasteiger partial charge on any atom is 0.409 e. The van der Waals surface area contributed by atoms with Gasteiger partial charge in [0.2, 0.25) is 0 Å². The van der Waals surface area contributed by atoms with Crippen LogP contribution in [0.25, 0.3) is 0 Å². The second-order valence-corrected chi connectivity index (χ2v) is 8.89. The Morgan fingerprint density at radius 1 is 1.00 bits per heavy atom. The van der Waals surface area contributed by atoms with Crippen molar-refractivity contribution in [2.24, 2.45) is 5.92 Å². The van der Waals surface area contributed by atoms with Crippen molar-refractivity contribution < 1.29 is 14.3 Å². The number of nitrogens with one attached hydrogen (secondary N) is 1. The molecule has 28 heavy (non-hydrogen) atoms. The van der Waals surface area contributed by atoms with E-state index in [-0.39, 0.29) is 12.1 Å². The van der Waals surface area contributed by atoms with Crippen LogP contribution in [0.15, 0.2) is 0 Å². The summed E-state index contributed by atoms with van der Waals surface area (Å²) in [5.41, 5.74) is 0. The maximum absolute atomic E-state index is 12.6. The molecule has 1 N–H and O–H groups in total. The third-order valence-electron chi connectivity index (χ3n) is 7.38. The van der Waals surface area contributed by atoms with Gasteiger partial charge in [-0.3, -0.25) is 0 Å². The van der Waals surface area contributed by atoms with Crippen LogP contribution in [0.1, 0.15) is 58.3 Å². The Hall–Kier alpha value is -1.50. The molecule has 0 radical (unpaired) electrons. The van der Waals surface area contributed by atoms with Crippen molar-refractivity contribution in [1.82, 2.24) is 20.0 Å². The molecule has 0 aromatic rings. The fourth-order valence-corrected chi connectivity index (χ4v) is 5.85. The van der Waals surface area contributed by atoms with Gasteiger partial charge >= 0.3 is 12.1 Å². The average Bonchev–Trinajstić information content (AvgIpc) is 2.74. The van der Waals surface area contributed by atoms with E-state index in [0.717, 1.165) is 58.4 Å². The van der Waals surface area contributed by atoms with E-state index in [9.17, 15) is 9.59 Å². The van der Waals surface area contributed by atoms with Crippen molar-refractivity contribution in [3.8, 4) is 0 Å². The number of hydrogen-bond acceptors (Lipinski definition) is 4. The molecule has 1 aliphatic carbocycles. The summed E-state index contributed by atoms with van der Waals surface area (Å²) in [4.78, 5) is 31.2. The van der Waals surface area contributed by atoms with Gasteiger partial charge < -0.3 is 24.8 Å². The summed E-state index contributed by atoms with van der Waals surface area (Å²) in [7, 11) is 0. The van der Waals surface area contributed by atoms with E-state index in [4.69, 9.17) is 4.74 Å². The number of hydrogen-bond donors (Lipinski definition) is 1. The zero-order valence-electron chi connectivity index (χ0n) is 17.3. The van der Waals surface area contributed by atoms with E-state index >= 15 is 0 Å². The monoisotopic (exact) mass is 392 g/mol. The fourth-order valence-electron chi connectivity index (χ4n) is 5.85. The SMILES string of the molecule is CCOC(=O)N1CCC(N2CCC(N3C(=O)NCC4CCCCC43)CC2)CC1. The van der Waals surface area contributed by atoms with Gasteiger partial charge in [-0.25, -0.2) is 9.59 Å². The van der Waals surface area contributed by atoms with E-state index < -0.39 is 0 Å². The summed E-state index contributed by atoms with van der Waals surface area (Å²) in [6, 6.07) is 1.59. The second kappa shape index (κ2) is 8.89. The Balaban J connectivity index is 1.28. The van der Waals surface area contributed by atoms with Gasteiger partial charge in [-0.15, -0.1) is 0 Å². The molecule has 0 bridgehead atoms. The third-order valence-corrected chi connectivity index (χ3v) is 7.38. The highest BCUT2D eigenvalue weighted by Crippen LogP contribution is 2.34. The highest BCUT2D eigenvalue weighted by Gasteiger charge is 2.42. The van der Waals surface area contributed by atoms with E-state index in [2.05, 4.69) is 15.1 Å². The third kappa shape index (κ3) is 4.09. The molecule has 0 aromatic carbocycles. The minimum Gasteiger partial charge on any atom is -0.450 e. The molecular weight excluding hydrogens is 356 g/mol. The molecule has 1 saturated carbocycles. The van der Waals surface area contributed by atoms with Gasteiger partial charge in [-0.2, -0.15) is 0 Å². The molecule has 0 aromatic heterocycles. The van der Waals surface area contributed by atoms with Crippen LogP contribution >= 0.6 is 0 Å². The molecular formula is C21H36N4O3. The second-order valence-electron chi connectivity index (χ2n) is 8.89. The van der Waals surface area contributed by atoms with Crippen molar-refractivity contribution in [1.29, 1.82) is 0 Å². The Morgan fingerprint density at radius 2 is 1.68 bits per heavy atom. The van der Waals surface area contributed by atoms with Crippen LogP contribution in [-0.4, -0.2) is 84.3 Å². The minimum absolute atomic E-state index is 0.169. The first-order valence-corrected chi connectivity index (χ1v) is 11.4. The highest BCUT2D eigenvalue weighted by atomic mass is 16.6. The molecule has 2 unspecified atom stereocenters. The summed E-state index contributed by atoms with van der Waals surface area (Å²) in [6.07, 6.45) is 9.07. The lowest BCUT2D eigenvalue weighted by molar-refractivity contribution is 0.0221. The summed E-state index contributed by atoms with van der Waals surface area (Å²) in [5.74, 6) is 0.650. The van der Waals surface area contributed by atoms with Crippen LogP contribution in [0.5, 0.6) is 0 Å². The molecule has 7 nitrogen and oxygen atoms in total. The Bertz CT molecular complexity index is 556. The van der Waals surface area contributed by atoms with E-state index in [1.54, 1.807) is 0 Å². The molecule has 4 fully saturated rings. The normalized spacial score (nSPS) is 30.7. The number of urea groups is 1. The summed E-state index contributed by atoms with van der Waals surface area (Å²) in [6.45, 7) is 6.89. The van der Waals surface area contributed by atoms with Crippen molar-refractivity contribution in [2.75, 3.05) is 39.3 Å². The number of amides is 3. The molecule has 158 valence electrons. The standard InChI is InChI=1S/C21H36N4O3/c1-2-28-21(27)24-13-7-17(8-14-24)23-11-9-18(10-12-23)25-19-6-4-3-5-16(19)15-22-20(25)26/h16-19H,2-15H2,1H3,(H,22,26). The number of nitrogens with zero attached hydrogens (tertiary/aromatic N) is 3. The van der Waals surface area contributed by atoms with Gasteiger partial charge in [0.1, 0.15) is 0 Å². The first-order valence-electron chi connectivity index (χ1n) is 11.4. The van der Waals surface area contributed by atoms with Crippen LogP contribution in [0.3, 0.4) is 0 Å². The lowest BCUT2D eigenvalue weighted by atomic mass is 9.81. The number of ether oxygens (including phenoxy) is 1. The zero-order valence-corrected chi connectivity index (χ0v) is 17.3. The number of piperidine rings is 2.